The molecule has 0 aliphatic heterocycles. The van der Waals surface area contributed by atoms with E-state index in [0.717, 1.165) is 36.9 Å². The minimum Gasteiger partial charge on any atom is -0.481 e. The Hall–Kier alpha value is -9.75. The number of nitrogens with two attached hydrogens (primary N) is 1. The van der Waals surface area contributed by atoms with Crippen molar-refractivity contribution in [3.8, 4) is 0 Å². The maximum Gasteiger partial charge on any atom is 0.329 e. The summed E-state index contributed by atoms with van der Waals surface area (Å²) in [6.45, 7) is 46.5. The molecule has 6 atom stereocenters. The number of esters is 6. The third-order valence-electron chi connectivity index (χ3n) is 14.4. The number of ether oxygens (including phenoxy) is 6. The molecular formula is C88H151N9O22. The van der Waals surface area contributed by atoms with E-state index in [0.29, 0.717) is 64.6 Å². The van der Waals surface area contributed by atoms with Gasteiger partial charge >= 0.3 is 71.8 Å². The molecule has 119 heavy (non-hydrogen) atoms. The highest BCUT2D eigenvalue weighted by molar-refractivity contribution is 5.89. The Morgan fingerprint density at radius 2 is 0.588 bits per heavy atom. The van der Waals surface area contributed by atoms with Gasteiger partial charge in [0.15, 0.2) is 0 Å². The SMILES string of the molecule is C.CC.CC.CC.CC(C)(C)OC(=O)CC[C@H](NC(=O)N[C@@H](CCCCN)C(=O)OC(C)(C)C)C(=O)OC(C)(C)C.CC(C)(C)OC(=O)CC[C@H](NC(=O)N[C@@H](CCCCNCc1ccccc1)C(=O)OC(C)(C)C)C(=O)OC(C)(C)C.O=C(O)CC[C@H](NC(=O)N[C@@H](CCCCNCc1ccccc1)C(=O)O)C(=O)O.O=Cc1ccccc1. The fourth-order valence-corrected chi connectivity index (χ4v) is 9.53. The minimum absolute atomic E-state index is 0. The maximum atomic E-state index is 13.0. The number of urea groups is 3. The number of carboxylic acids is 3. The largest absolute Gasteiger partial charge is 0.481 e. The highest BCUT2D eigenvalue weighted by Gasteiger charge is 2.34. The quantitative estimate of drug-likeness (QED) is 0.0109. The van der Waals surface area contributed by atoms with Crippen LogP contribution in [-0.4, -0.2) is 183 Å². The summed E-state index contributed by atoms with van der Waals surface area (Å²) >= 11 is 0. The third-order valence-corrected chi connectivity index (χ3v) is 14.4. The summed E-state index contributed by atoms with van der Waals surface area (Å²) in [5.74, 6) is -7.33. The van der Waals surface area contributed by atoms with Crippen molar-refractivity contribution >= 4 is 78.1 Å². The van der Waals surface area contributed by atoms with Crippen LogP contribution in [0, 0.1) is 0 Å². The predicted octanol–water partition coefficient (Wildman–Crippen LogP) is 14.0. The van der Waals surface area contributed by atoms with Crippen LogP contribution in [0.1, 0.15) is 291 Å². The summed E-state index contributed by atoms with van der Waals surface area (Å²) in [6.07, 6.45) is 4.67. The van der Waals surface area contributed by atoms with E-state index in [1.807, 2.05) is 120 Å². The van der Waals surface area contributed by atoms with E-state index in [2.05, 4.69) is 42.5 Å². The Balaban J connectivity index is -0.000000507. The monoisotopic (exact) mass is 1690 g/mol. The van der Waals surface area contributed by atoms with Crippen molar-refractivity contribution in [2.75, 3.05) is 19.6 Å². The average Bonchev–Trinajstić information content (AvgIpc) is 0.870. The number of hydrogen-bond donors (Lipinski definition) is 12. The molecule has 3 aromatic carbocycles. The van der Waals surface area contributed by atoms with Gasteiger partial charge in [-0.05, 0) is 232 Å². The van der Waals surface area contributed by atoms with Crippen LogP contribution in [-0.2, 0) is 84.7 Å². The molecule has 0 saturated carbocycles. The number of benzene rings is 3. The highest BCUT2D eigenvalue weighted by Crippen LogP contribution is 2.19. The van der Waals surface area contributed by atoms with E-state index in [-0.39, 0.29) is 46.0 Å². The first-order valence-corrected chi connectivity index (χ1v) is 40.8. The minimum atomic E-state index is -1.41. The molecule has 13 N–H and O–H groups in total. The summed E-state index contributed by atoms with van der Waals surface area (Å²) in [5.41, 5.74) is 4.18. The van der Waals surface area contributed by atoms with E-state index in [1.165, 1.54) is 5.56 Å². The van der Waals surface area contributed by atoms with Crippen molar-refractivity contribution in [3.05, 3.63) is 108 Å². The molecule has 680 valence electrons. The molecule has 0 heterocycles. The van der Waals surface area contributed by atoms with E-state index < -0.39 is 148 Å². The van der Waals surface area contributed by atoms with Crippen LogP contribution in [0.15, 0.2) is 91.0 Å². The lowest BCUT2D eigenvalue weighted by molar-refractivity contribution is -0.160. The second kappa shape index (κ2) is 64.2. The summed E-state index contributed by atoms with van der Waals surface area (Å²) in [6, 6.07) is 19.9. The van der Waals surface area contributed by atoms with Gasteiger partial charge in [0.05, 0.1) is 0 Å². The van der Waals surface area contributed by atoms with Crippen molar-refractivity contribution in [2.45, 2.75) is 353 Å². The normalized spacial score (nSPS) is 12.4. The molecule has 3 rings (SSSR count). The molecular weight excluding hydrogens is 1540 g/mol. The smallest absolute Gasteiger partial charge is 0.329 e. The number of aliphatic carboxylic acids is 3. The van der Waals surface area contributed by atoms with Crippen LogP contribution in [0.25, 0.3) is 0 Å². The maximum absolute atomic E-state index is 13.0. The Morgan fingerprint density at radius 3 is 0.840 bits per heavy atom. The number of unbranched alkanes of at least 4 members (excludes halogenated alkanes) is 3. The van der Waals surface area contributed by atoms with Crippen molar-refractivity contribution < 1.29 is 106 Å². The van der Waals surface area contributed by atoms with Gasteiger partial charge in [-0.15, -0.1) is 0 Å². The fraction of sp³-hybridized carbons (Fsp3) is 0.648. The lowest BCUT2D eigenvalue weighted by Gasteiger charge is -2.27. The number of hydrogen-bond acceptors (Lipinski definition) is 22. The van der Waals surface area contributed by atoms with E-state index in [4.69, 9.17) is 44.4 Å². The summed E-state index contributed by atoms with van der Waals surface area (Å²) in [4.78, 5) is 156. The number of carboxylic acid groups (broad SMARTS) is 3. The summed E-state index contributed by atoms with van der Waals surface area (Å²) in [5, 5.41) is 48.2. The molecule has 0 unspecified atom stereocenters. The zero-order valence-electron chi connectivity index (χ0n) is 75.0. The highest BCUT2D eigenvalue weighted by atomic mass is 16.6. The van der Waals surface area contributed by atoms with Crippen LogP contribution in [0.2, 0.25) is 0 Å². The summed E-state index contributed by atoms with van der Waals surface area (Å²) < 4.78 is 32.4. The first-order valence-electron chi connectivity index (χ1n) is 40.8. The number of aldehydes is 1. The molecule has 31 nitrogen and oxygen atoms in total. The molecule has 0 radical (unpaired) electrons. The number of rotatable bonds is 40. The topological polar surface area (TPSA) is 460 Å². The molecule has 0 bridgehead atoms. The zero-order valence-corrected chi connectivity index (χ0v) is 75.0. The van der Waals surface area contributed by atoms with Gasteiger partial charge in [-0.25, -0.2) is 43.2 Å². The second-order valence-electron chi connectivity index (χ2n) is 32.3. The van der Waals surface area contributed by atoms with Crippen LogP contribution >= 0.6 is 0 Å². The van der Waals surface area contributed by atoms with Crippen molar-refractivity contribution in [1.29, 1.82) is 0 Å². The zero-order chi connectivity index (χ0) is 91.5. The number of amides is 6. The van der Waals surface area contributed by atoms with Gasteiger partial charge in [-0.2, -0.15) is 0 Å². The lowest BCUT2D eigenvalue weighted by atomic mass is 10.1. The first kappa shape index (κ1) is 118. The Morgan fingerprint density at radius 1 is 0.345 bits per heavy atom. The molecule has 31 heteroatoms. The molecule has 0 aromatic heterocycles. The van der Waals surface area contributed by atoms with Gasteiger partial charge in [-0.1, -0.05) is 140 Å². The van der Waals surface area contributed by atoms with Gasteiger partial charge < -0.3 is 92.0 Å². The average molecular weight is 1690 g/mol. The molecule has 0 fully saturated rings. The first-order chi connectivity index (χ1) is 54.9. The lowest BCUT2D eigenvalue weighted by Crippen LogP contribution is -2.53. The van der Waals surface area contributed by atoms with Crippen LogP contribution < -0.4 is 48.3 Å². The standard InChI is InChI=1S/C31H51N3O7.C24H45N3O7.C19H27N3O7.C7H6O.3C2H6.CH4/c1-29(2,3)39-25(35)19-18-24(27(37)41-31(7,8)9)34-28(38)33-23(26(36)40-30(4,5)6)17-13-14-20-32-21-22-15-11-10-12-16-22;1-22(2,3)32-18(28)14-13-17(20(30)34-24(7,8)9)27-21(31)26-16(12-10-11-15-25)19(29)33-23(4,5)6;23-16(24)10-9-15(18(27)28)22-19(29)21-14(17(25)26)8-4-5-11-20-12-13-6-2-1-3-7-13;8-6-7-4-2-1-3-5-7;3*1-2;/h10-12,15-16,23-24,32H,13-14,17-21H2,1-9H3,(H2,33,34,38);16-17H,10-15,25H2,1-9H3,(H2,26,27,31);1-3,6-7,14-15,20H,4-5,8-12H2,(H,23,24)(H,25,26)(H,27,28)(H2,21,22,29);1-6H;3*1-2H3;1H4/t23-,24-;16-,17-;14-,15-;;;;;/m000...../s1. The van der Waals surface area contributed by atoms with Crippen molar-refractivity contribution in [2.24, 2.45) is 5.73 Å². The van der Waals surface area contributed by atoms with Gasteiger partial charge in [0.2, 0.25) is 0 Å². The Kier molecular flexibility index (Phi) is 63.6. The Labute approximate surface area is 709 Å². The van der Waals surface area contributed by atoms with E-state index in [9.17, 15) is 67.4 Å². The number of carbonyl (C=O) groups excluding carboxylic acids is 10. The van der Waals surface area contributed by atoms with Gasteiger partial charge in [0.25, 0.3) is 0 Å². The van der Waals surface area contributed by atoms with Crippen molar-refractivity contribution in [1.82, 2.24) is 42.5 Å². The van der Waals surface area contributed by atoms with Crippen LogP contribution in [0.3, 0.4) is 0 Å². The number of nitrogens with one attached hydrogen (secondary N) is 8. The molecule has 0 aliphatic rings. The molecule has 0 spiro atoms. The van der Waals surface area contributed by atoms with Crippen LogP contribution in [0.5, 0.6) is 0 Å². The number of carbonyl (C=O) groups is 13. The molecule has 6 amide bonds. The predicted molar refractivity (Wildman–Crippen MR) is 463 cm³/mol. The van der Waals surface area contributed by atoms with Crippen LogP contribution in [0.4, 0.5) is 14.4 Å². The van der Waals surface area contributed by atoms with E-state index in [1.54, 1.807) is 137 Å². The van der Waals surface area contributed by atoms with Crippen molar-refractivity contribution in [3.63, 3.8) is 0 Å². The fourth-order valence-electron chi connectivity index (χ4n) is 9.53. The molecule has 0 aliphatic carbocycles. The van der Waals surface area contributed by atoms with Gasteiger partial charge in [0.1, 0.15) is 76.1 Å². The van der Waals surface area contributed by atoms with E-state index >= 15 is 0 Å². The summed E-state index contributed by atoms with van der Waals surface area (Å²) in [7, 11) is 0. The van der Waals surface area contributed by atoms with Gasteiger partial charge in [-0.3, -0.25) is 19.2 Å². The second-order valence-corrected chi connectivity index (χ2v) is 32.3. The Bertz CT molecular complexity index is 3340. The third kappa shape index (κ3) is 69.9. The molecule has 3 aromatic rings. The van der Waals surface area contributed by atoms with Gasteiger partial charge in [0, 0.05) is 37.9 Å². The molecule has 0 saturated heterocycles.